The van der Waals surface area contributed by atoms with E-state index in [2.05, 4.69) is 17.6 Å². The molecular weight excluding hydrogens is 302 g/mol. The number of nitrogens with two attached hydrogens (primary N) is 1. The minimum absolute atomic E-state index is 0.0713. The molecule has 0 bridgehead atoms. The number of carbonyl (C=O) groups excluding carboxylic acids is 1. The van der Waals surface area contributed by atoms with E-state index in [1.807, 2.05) is 13.2 Å². The second-order valence-corrected chi connectivity index (χ2v) is 7.51. The molecule has 1 aliphatic carbocycles. The predicted molar refractivity (Wildman–Crippen MR) is 93.6 cm³/mol. The second kappa shape index (κ2) is 6.92. The summed E-state index contributed by atoms with van der Waals surface area (Å²) in [6.07, 6.45) is 7.13. The molecule has 0 aliphatic heterocycles. The van der Waals surface area contributed by atoms with Crippen LogP contribution < -0.4 is 16.4 Å². The Bertz CT molecular complexity index is 509. The molecule has 1 amide bonds. The van der Waals surface area contributed by atoms with Crippen LogP contribution in [0.5, 0.6) is 0 Å². The van der Waals surface area contributed by atoms with Gasteiger partial charge in [-0.15, -0.1) is 23.1 Å². The summed E-state index contributed by atoms with van der Waals surface area (Å²) >= 11 is 3.08. The molecule has 1 aromatic rings. The van der Waals surface area contributed by atoms with Crippen molar-refractivity contribution in [3.8, 4) is 0 Å². The van der Waals surface area contributed by atoms with Crippen LogP contribution in [-0.2, 0) is 0 Å². The molecule has 118 valence electrons. The number of hydrogen-bond acceptors (Lipinski definition) is 5. The lowest BCUT2D eigenvalue weighted by atomic mass is 10.0. The average Bonchev–Trinajstić information content (AvgIpc) is 3.14. The highest BCUT2D eigenvalue weighted by molar-refractivity contribution is 7.99. The highest BCUT2D eigenvalue weighted by atomic mass is 32.2. The van der Waals surface area contributed by atoms with Gasteiger partial charge < -0.3 is 16.4 Å². The van der Waals surface area contributed by atoms with Crippen molar-refractivity contribution in [2.24, 2.45) is 5.41 Å². The molecule has 4 N–H and O–H groups in total. The maximum atomic E-state index is 12.0. The van der Waals surface area contributed by atoms with Gasteiger partial charge in [-0.1, -0.05) is 13.3 Å². The summed E-state index contributed by atoms with van der Waals surface area (Å²) in [6, 6.07) is 0. The first-order valence-corrected chi connectivity index (χ1v) is 9.59. The third-order valence-corrected chi connectivity index (χ3v) is 6.13. The molecule has 0 aromatic carbocycles. The number of hydrogen-bond donors (Lipinski definition) is 3. The van der Waals surface area contributed by atoms with E-state index < -0.39 is 0 Å². The van der Waals surface area contributed by atoms with Crippen LogP contribution in [0, 0.1) is 5.41 Å². The molecule has 0 saturated heterocycles. The van der Waals surface area contributed by atoms with Gasteiger partial charge in [0.2, 0.25) is 0 Å². The first-order chi connectivity index (χ1) is 10.1. The Balaban J connectivity index is 2.12. The van der Waals surface area contributed by atoms with E-state index in [1.54, 1.807) is 11.8 Å². The largest absolute Gasteiger partial charge is 0.396 e. The van der Waals surface area contributed by atoms with Gasteiger partial charge in [0, 0.05) is 13.1 Å². The summed E-state index contributed by atoms with van der Waals surface area (Å²) in [5.74, 6) is -0.0713. The fourth-order valence-corrected chi connectivity index (χ4v) is 4.59. The number of anilines is 2. The minimum Gasteiger partial charge on any atom is -0.396 e. The Kier molecular flexibility index (Phi) is 5.43. The fraction of sp³-hybridized carbons (Fsp3) is 0.667. The van der Waals surface area contributed by atoms with E-state index in [0.717, 1.165) is 16.4 Å². The van der Waals surface area contributed by atoms with E-state index in [1.165, 1.54) is 37.0 Å². The summed E-state index contributed by atoms with van der Waals surface area (Å²) < 4.78 is 0. The molecule has 4 nitrogen and oxygen atoms in total. The smallest absolute Gasteiger partial charge is 0.263 e. The molecule has 0 spiro atoms. The van der Waals surface area contributed by atoms with Crippen molar-refractivity contribution in [1.82, 2.24) is 5.32 Å². The monoisotopic (exact) mass is 327 g/mol. The van der Waals surface area contributed by atoms with Crippen molar-refractivity contribution in [1.29, 1.82) is 0 Å². The van der Waals surface area contributed by atoms with Crippen molar-refractivity contribution >= 4 is 39.7 Å². The van der Waals surface area contributed by atoms with Crippen LogP contribution in [0.4, 0.5) is 10.7 Å². The first-order valence-electron chi connectivity index (χ1n) is 7.55. The predicted octanol–water partition coefficient (Wildman–Crippen LogP) is 3.79. The summed E-state index contributed by atoms with van der Waals surface area (Å²) in [6.45, 7) is 5.76. The van der Waals surface area contributed by atoms with Crippen molar-refractivity contribution in [3.05, 3.63) is 4.88 Å². The Hall–Kier alpha value is -0.880. The van der Waals surface area contributed by atoms with E-state index in [4.69, 9.17) is 5.73 Å². The Labute approximate surface area is 135 Å². The maximum Gasteiger partial charge on any atom is 0.263 e. The van der Waals surface area contributed by atoms with E-state index in [0.29, 0.717) is 22.5 Å². The zero-order chi connectivity index (χ0) is 15.5. The summed E-state index contributed by atoms with van der Waals surface area (Å²) in [5.41, 5.74) is 7.24. The van der Waals surface area contributed by atoms with Gasteiger partial charge in [-0.3, -0.25) is 4.79 Å². The third kappa shape index (κ3) is 3.66. The average molecular weight is 328 g/mol. The molecular formula is C15H25N3OS2. The van der Waals surface area contributed by atoms with Crippen LogP contribution in [-0.4, -0.2) is 25.3 Å². The first kappa shape index (κ1) is 16.5. The van der Waals surface area contributed by atoms with Gasteiger partial charge in [0.15, 0.2) is 0 Å². The van der Waals surface area contributed by atoms with E-state index >= 15 is 0 Å². The van der Waals surface area contributed by atoms with Crippen molar-refractivity contribution in [2.45, 2.75) is 44.4 Å². The summed E-state index contributed by atoms with van der Waals surface area (Å²) in [7, 11) is 0. The molecule has 0 unspecified atom stereocenters. The summed E-state index contributed by atoms with van der Waals surface area (Å²) in [5, 5.41) is 7.42. The zero-order valence-corrected chi connectivity index (χ0v) is 14.7. The molecule has 0 radical (unpaired) electrons. The number of rotatable bonds is 8. The van der Waals surface area contributed by atoms with Crippen LogP contribution in [0.2, 0.25) is 0 Å². The molecule has 0 atom stereocenters. The lowest BCUT2D eigenvalue weighted by Crippen LogP contribution is -2.22. The summed E-state index contributed by atoms with van der Waals surface area (Å²) in [4.78, 5) is 13.7. The van der Waals surface area contributed by atoms with Crippen molar-refractivity contribution < 1.29 is 4.79 Å². The van der Waals surface area contributed by atoms with E-state index in [-0.39, 0.29) is 5.91 Å². The molecule has 1 heterocycles. The minimum atomic E-state index is -0.0713. The lowest BCUT2D eigenvalue weighted by molar-refractivity contribution is 0.0960. The Morgan fingerprint density at radius 2 is 2.14 bits per heavy atom. The zero-order valence-electron chi connectivity index (χ0n) is 13.0. The molecule has 6 heteroatoms. The van der Waals surface area contributed by atoms with Gasteiger partial charge in [-0.25, -0.2) is 0 Å². The van der Waals surface area contributed by atoms with Crippen LogP contribution in [0.15, 0.2) is 4.90 Å². The number of thiophene rings is 1. The van der Waals surface area contributed by atoms with Crippen LogP contribution in [0.3, 0.4) is 0 Å². The Morgan fingerprint density at radius 1 is 1.43 bits per heavy atom. The van der Waals surface area contributed by atoms with Gasteiger partial charge in [0.05, 0.1) is 10.6 Å². The SMILES string of the molecule is CCCC1(CNc2sc(C(=O)NCC)c(N)c2SC)CC1. The normalized spacial score (nSPS) is 15.8. The topological polar surface area (TPSA) is 67.2 Å². The molecule has 1 aromatic heterocycles. The Morgan fingerprint density at radius 3 is 2.67 bits per heavy atom. The van der Waals surface area contributed by atoms with Crippen molar-refractivity contribution in [2.75, 3.05) is 30.4 Å². The second-order valence-electron chi connectivity index (χ2n) is 5.67. The highest BCUT2D eigenvalue weighted by Gasteiger charge is 2.41. The molecule has 1 fully saturated rings. The van der Waals surface area contributed by atoms with Crippen molar-refractivity contribution in [3.63, 3.8) is 0 Å². The number of thioether (sulfide) groups is 1. The molecule has 2 rings (SSSR count). The van der Waals surface area contributed by atoms with Gasteiger partial charge in [0.1, 0.15) is 9.88 Å². The quantitative estimate of drug-likeness (QED) is 0.635. The van der Waals surface area contributed by atoms with Crippen LogP contribution in [0.25, 0.3) is 0 Å². The van der Waals surface area contributed by atoms with E-state index in [9.17, 15) is 4.79 Å². The number of amides is 1. The highest BCUT2D eigenvalue weighted by Crippen LogP contribution is 2.50. The maximum absolute atomic E-state index is 12.0. The van der Waals surface area contributed by atoms with Gasteiger partial charge in [-0.2, -0.15) is 0 Å². The van der Waals surface area contributed by atoms with Gasteiger partial charge >= 0.3 is 0 Å². The number of nitrogens with one attached hydrogen (secondary N) is 2. The van der Waals surface area contributed by atoms with Gasteiger partial charge in [-0.05, 0) is 37.9 Å². The molecule has 21 heavy (non-hydrogen) atoms. The molecule has 1 aliphatic rings. The molecule has 1 saturated carbocycles. The fourth-order valence-electron chi connectivity index (χ4n) is 2.65. The number of nitrogen functional groups attached to an aromatic ring is 1. The van der Waals surface area contributed by atoms with Crippen LogP contribution >= 0.6 is 23.1 Å². The standard InChI is InChI=1S/C15H25N3OS2/c1-4-6-15(7-8-15)9-18-14-12(20-3)10(16)11(21-14)13(19)17-5-2/h18H,4-9,16H2,1-3H3,(H,17,19). The third-order valence-electron chi connectivity index (χ3n) is 4.01. The number of carbonyl (C=O) groups is 1. The lowest BCUT2D eigenvalue weighted by Gasteiger charge is -2.15. The van der Waals surface area contributed by atoms with Crippen LogP contribution in [0.1, 0.15) is 49.2 Å². The van der Waals surface area contributed by atoms with Gasteiger partial charge in [0.25, 0.3) is 5.91 Å².